The van der Waals surface area contributed by atoms with Gasteiger partial charge in [0.2, 0.25) is 5.82 Å². The van der Waals surface area contributed by atoms with Crippen LogP contribution in [0.1, 0.15) is 19.4 Å². The first-order valence-corrected chi connectivity index (χ1v) is 13.7. The van der Waals surface area contributed by atoms with Gasteiger partial charge in [-0.05, 0) is 81.2 Å². The van der Waals surface area contributed by atoms with Gasteiger partial charge in [-0.3, -0.25) is 9.59 Å². The average Bonchev–Trinajstić information content (AvgIpc) is 3.31. The number of hydrogen-bond donors (Lipinski definition) is 0. The van der Waals surface area contributed by atoms with E-state index < -0.39 is 5.97 Å². The molecule has 2 aromatic heterocycles. The van der Waals surface area contributed by atoms with Crippen molar-refractivity contribution in [2.24, 2.45) is 5.10 Å². The minimum Gasteiger partial charge on any atom is -0.490 e. The number of benzene rings is 3. The van der Waals surface area contributed by atoms with Gasteiger partial charge in [-0.25, -0.2) is 4.98 Å². The summed E-state index contributed by atoms with van der Waals surface area (Å²) in [6, 6.07) is 16.2. The van der Waals surface area contributed by atoms with Gasteiger partial charge in [-0.15, -0.1) is 0 Å². The number of furan rings is 1. The first kappa shape index (κ1) is 26.3. The Morgan fingerprint density at radius 1 is 1.11 bits per heavy atom. The fourth-order valence-corrected chi connectivity index (χ4v) is 5.12. The first-order valence-electron chi connectivity index (χ1n) is 11.4. The molecule has 2 heterocycles. The largest absolute Gasteiger partial charge is 0.490 e. The third-order valence-corrected chi connectivity index (χ3v) is 8.10. The van der Waals surface area contributed by atoms with E-state index in [0.29, 0.717) is 49.1 Å². The topological polar surface area (TPSA) is 95.9 Å². The van der Waals surface area contributed by atoms with Crippen molar-refractivity contribution in [3.8, 4) is 23.1 Å². The van der Waals surface area contributed by atoms with Crippen molar-refractivity contribution in [3.05, 3.63) is 83.9 Å². The van der Waals surface area contributed by atoms with Crippen molar-refractivity contribution in [2.75, 3.05) is 6.61 Å². The van der Waals surface area contributed by atoms with Crippen molar-refractivity contribution in [3.63, 3.8) is 0 Å². The van der Waals surface area contributed by atoms with Gasteiger partial charge in [-0.1, -0.05) is 28.1 Å². The van der Waals surface area contributed by atoms with Crippen LogP contribution in [0.3, 0.4) is 0 Å². The van der Waals surface area contributed by atoms with E-state index in [4.69, 9.17) is 18.9 Å². The molecular weight excluding hydrogens is 686 g/mol. The Hall–Kier alpha value is -3.28. The molecule has 0 radical (unpaired) electrons. The molecule has 0 atom stereocenters. The molecule has 0 saturated heterocycles. The predicted octanol–water partition coefficient (Wildman–Crippen LogP) is 7.30. The van der Waals surface area contributed by atoms with E-state index in [1.807, 2.05) is 37.3 Å². The monoisotopic (exact) mass is 701 g/mol. The Bertz CT molecular complexity index is 1810. The fourth-order valence-electron chi connectivity index (χ4n) is 3.83. The number of esters is 1. The molecule has 0 saturated carbocycles. The minimum atomic E-state index is -0.490. The van der Waals surface area contributed by atoms with Crippen molar-refractivity contribution >= 4 is 81.8 Å². The number of nitrogens with zero attached hydrogens (tertiary/aromatic N) is 3. The highest BCUT2D eigenvalue weighted by Crippen LogP contribution is 2.42. The fraction of sp³-hybridized carbons (Fsp3) is 0.111. The summed E-state index contributed by atoms with van der Waals surface area (Å²) in [5.41, 5.74) is 1.38. The van der Waals surface area contributed by atoms with Gasteiger partial charge in [0.1, 0.15) is 5.58 Å². The number of carbonyl (C=O) groups excluding carboxylic acids is 1. The van der Waals surface area contributed by atoms with Gasteiger partial charge in [-0.2, -0.15) is 9.78 Å². The zero-order chi connectivity index (χ0) is 27.0. The summed E-state index contributed by atoms with van der Waals surface area (Å²) in [6.07, 6.45) is 1.50. The van der Waals surface area contributed by atoms with Crippen LogP contribution in [0.5, 0.6) is 11.5 Å². The summed E-state index contributed by atoms with van der Waals surface area (Å²) in [5.74, 6) is 0.720. The van der Waals surface area contributed by atoms with Gasteiger partial charge in [0.25, 0.3) is 5.56 Å². The number of ether oxygens (including phenoxy) is 2. The Morgan fingerprint density at radius 3 is 2.66 bits per heavy atom. The molecule has 0 aliphatic heterocycles. The van der Waals surface area contributed by atoms with Gasteiger partial charge in [0.05, 0.1) is 28.2 Å². The maximum Gasteiger partial charge on any atom is 0.308 e. The molecule has 11 heteroatoms. The quantitative estimate of drug-likeness (QED) is 0.105. The van der Waals surface area contributed by atoms with E-state index >= 15 is 0 Å². The SMILES string of the molecule is CCOc1cc(C=Nn2c(-c3cc4cc(Br)ccc4o3)nc3ccccc3c2=O)c(Br)c(Br)c1OC(C)=O. The Morgan fingerprint density at radius 2 is 1.89 bits per heavy atom. The molecule has 0 spiro atoms. The van der Waals surface area contributed by atoms with E-state index in [9.17, 15) is 9.59 Å². The molecule has 3 aromatic carbocycles. The molecule has 0 unspecified atom stereocenters. The third kappa shape index (κ3) is 5.05. The molecule has 0 aliphatic rings. The molecule has 0 amide bonds. The van der Waals surface area contributed by atoms with Crippen LogP contribution in [0.25, 0.3) is 33.5 Å². The number of aromatic nitrogens is 2. The minimum absolute atomic E-state index is 0.238. The molecule has 8 nitrogen and oxygen atoms in total. The molecule has 0 bridgehead atoms. The van der Waals surface area contributed by atoms with Crippen molar-refractivity contribution in [2.45, 2.75) is 13.8 Å². The Kier molecular flexibility index (Phi) is 7.51. The predicted molar refractivity (Wildman–Crippen MR) is 156 cm³/mol. The number of rotatable bonds is 6. The van der Waals surface area contributed by atoms with E-state index in [2.05, 4.69) is 52.9 Å². The van der Waals surface area contributed by atoms with Crippen LogP contribution in [0.2, 0.25) is 0 Å². The van der Waals surface area contributed by atoms with Gasteiger partial charge < -0.3 is 13.9 Å². The van der Waals surface area contributed by atoms with Crippen molar-refractivity contribution in [1.29, 1.82) is 0 Å². The first-order chi connectivity index (χ1) is 18.3. The van der Waals surface area contributed by atoms with Crippen LogP contribution in [0, 0.1) is 0 Å². The second kappa shape index (κ2) is 10.8. The summed E-state index contributed by atoms with van der Waals surface area (Å²) in [5, 5.41) is 5.78. The van der Waals surface area contributed by atoms with E-state index in [-0.39, 0.29) is 17.1 Å². The molecule has 0 fully saturated rings. The number of fused-ring (bicyclic) bond motifs is 2. The van der Waals surface area contributed by atoms with Crippen LogP contribution in [-0.4, -0.2) is 28.5 Å². The summed E-state index contributed by atoms with van der Waals surface area (Å²) in [7, 11) is 0. The number of halogens is 3. The summed E-state index contributed by atoms with van der Waals surface area (Å²) in [6.45, 7) is 3.47. The lowest BCUT2D eigenvalue weighted by molar-refractivity contribution is -0.132. The van der Waals surface area contributed by atoms with E-state index in [1.165, 1.54) is 17.8 Å². The van der Waals surface area contributed by atoms with Crippen LogP contribution in [0.15, 0.2) is 82.3 Å². The average molecular weight is 704 g/mol. The summed E-state index contributed by atoms with van der Waals surface area (Å²) >= 11 is 10.5. The number of carbonyl (C=O) groups is 1. The lowest BCUT2D eigenvalue weighted by Gasteiger charge is -2.14. The normalized spacial score (nSPS) is 11.5. The maximum atomic E-state index is 13.6. The van der Waals surface area contributed by atoms with Crippen LogP contribution in [-0.2, 0) is 4.79 Å². The second-order valence-corrected chi connectivity index (χ2v) is 10.6. The maximum absolute atomic E-state index is 13.6. The molecular formula is C27H18Br3N3O5. The summed E-state index contributed by atoms with van der Waals surface area (Å²) in [4.78, 5) is 29.9. The zero-order valence-corrected chi connectivity index (χ0v) is 24.8. The highest BCUT2D eigenvalue weighted by molar-refractivity contribution is 9.13. The van der Waals surface area contributed by atoms with Crippen LogP contribution in [0.4, 0.5) is 0 Å². The number of hydrogen-bond acceptors (Lipinski definition) is 7. The highest BCUT2D eigenvalue weighted by atomic mass is 79.9. The van der Waals surface area contributed by atoms with Crippen LogP contribution >= 0.6 is 47.8 Å². The van der Waals surface area contributed by atoms with Crippen molar-refractivity contribution in [1.82, 2.24) is 9.66 Å². The van der Waals surface area contributed by atoms with Crippen LogP contribution < -0.4 is 15.0 Å². The Labute approximate surface area is 241 Å². The molecule has 5 rings (SSSR count). The highest BCUT2D eigenvalue weighted by Gasteiger charge is 2.20. The molecule has 0 aliphatic carbocycles. The molecule has 5 aromatic rings. The zero-order valence-electron chi connectivity index (χ0n) is 20.0. The standard InChI is InChI=1S/C27H18Br3N3O5/c1-3-36-21-12-16(23(29)24(30)25(21)37-14(2)34)13-31-33-26(32-19-7-5-4-6-18(19)27(33)35)22-11-15-10-17(28)8-9-20(15)38-22/h4-13H,3H2,1-2H3. The van der Waals surface area contributed by atoms with Gasteiger partial charge in [0, 0.05) is 26.8 Å². The summed E-state index contributed by atoms with van der Waals surface area (Å²) < 4.78 is 20.2. The lowest BCUT2D eigenvalue weighted by atomic mass is 10.2. The second-order valence-electron chi connectivity index (χ2n) is 8.05. The third-order valence-electron chi connectivity index (χ3n) is 5.47. The van der Waals surface area contributed by atoms with E-state index in [0.717, 1.165) is 9.86 Å². The molecule has 38 heavy (non-hydrogen) atoms. The lowest BCUT2D eigenvalue weighted by Crippen LogP contribution is -2.20. The molecule has 0 N–H and O–H groups in total. The van der Waals surface area contributed by atoms with E-state index in [1.54, 1.807) is 24.3 Å². The van der Waals surface area contributed by atoms with Gasteiger partial charge >= 0.3 is 5.97 Å². The molecule has 192 valence electrons. The van der Waals surface area contributed by atoms with Crippen molar-refractivity contribution < 1.29 is 18.7 Å². The number of para-hydroxylation sites is 1. The Balaban J connectivity index is 1.70. The van der Waals surface area contributed by atoms with Gasteiger partial charge in [0.15, 0.2) is 17.3 Å². The smallest absolute Gasteiger partial charge is 0.308 e.